The van der Waals surface area contributed by atoms with Crippen LogP contribution in [-0.4, -0.2) is 12.5 Å². The van der Waals surface area contributed by atoms with Gasteiger partial charge in [0.05, 0.1) is 24.2 Å². The topological polar surface area (TPSA) is 64.9 Å². The van der Waals surface area contributed by atoms with Crippen LogP contribution >= 0.6 is 11.3 Å². The van der Waals surface area contributed by atoms with E-state index in [9.17, 15) is 4.79 Å². The Bertz CT molecular complexity index is 869. The first-order chi connectivity index (χ1) is 12.3. The van der Waals surface area contributed by atoms with Crippen molar-refractivity contribution in [1.82, 2.24) is 5.32 Å². The summed E-state index contributed by atoms with van der Waals surface area (Å²) >= 11 is 1.62. The van der Waals surface area contributed by atoms with E-state index in [0.29, 0.717) is 5.56 Å². The Kier molecular flexibility index (Phi) is 5.45. The second kappa shape index (κ2) is 8.13. The van der Waals surface area contributed by atoms with Crippen LogP contribution in [0.15, 0.2) is 72.1 Å². The van der Waals surface area contributed by atoms with Gasteiger partial charge in [-0.25, -0.2) is 0 Å². The van der Waals surface area contributed by atoms with E-state index in [1.165, 1.54) is 0 Å². The van der Waals surface area contributed by atoms with Crippen molar-refractivity contribution < 1.29 is 4.79 Å². The number of anilines is 1. The monoisotopic (exact) mass is 347 g/mol. The highest BCUT2D eigenvalue weighted by Gasteiger charge is 2.17. The van der Waals surface area contributed by atoms with Crippen LogP contribution in [0, 0.1) is 11.3 Å². The SMILES string of the molecule is N#Cc1cccc(NCC(=O)N[C@H](c2ccccc2)c2cccs2)c1. The number of nitrogens with one attached hydrogen (secondary N) is 2. The summed E-state index contributed by atoms with van der Waals surface area (Å²) in [5.74, 6) is -0.107. The number of hydrogen-bond donors (Lipinski definition) is 2. The first-order valence-corrected chi connectivity index (χ1v) is 8.76. The molecule has 2 aromatic carbocycles. The Morgan fingerprint density at radius 3 is 2.64 bits per heavy atom. The fourth-order valence-corrected chi connectivity index (χ4v) is 3.32. The van der Waals surface area contributed by atoms with Crippen molar-refractivity contribution in [2.45, 2.75) is 6.04 Å². The standard InChI is InChI=1S/C20H17N3OS/c21-13-15-6-4-9-17(12-15)22-14-19(24)23-20(18-10-5-11-25-18)16-7-2-1-3-8-16/h1-12,20,22H,14H2,(H,23,24)/t20-/m1/s1. The largest absolute Gasteiger partial charge is 0.376 e. The molecule has 0 aliphatic carbocycles. The minimum atomic E-state index is -0.166. The van der Waals surface area contributed by atoms with Crippen LogP contribution in [0.5, 0.6) is 0 Å². The second-order valence-corrected chi connectivity index (χ2v) is 6.45. The number of carbonyl (C=O) groups is 1. The fraction of sp³-hybridized carbons (Fsp3) is 0.100. The van der Waals surface area contributed by atoms with E-state index in [2.05, 4.69) is 16.7 Å². The molecule has 1 amide bonds. The van der Waals surface area contributed by atoms with Crippen molar-refractivity contribution in [2.24, 2.45) is 0 Å². The van der Waals surface area contributed by atoms with Gasteiger partial charge in [-0.1, -0.05) is 42.5 Å². The zero-order valence-corrected chi connectivity index (χ0v) is 14.3. The van der Waals surface area contributed by atoms with E-state index in [0.717, 1.165) is 16.1 Å². The molecule has 3 aromatic rings. The predicted octanol–water partition coefficient (Wildman–Crippen LogP) is 3.94. The highest BCUT2D eigenvalue weighted by atomic mass is 32.1. The molecule has 0 aliphatic rings. The zero-order chi connectivity index (χ0) is 17.5. The number of benzene rings is 2. The molecule has 5 heteroatoms. The normalized spacial score (nSPS) is 11.3. The average molecular weight is 347 g/mol. The molecule has 0 saturated carbocycles. The first kappa shape index (κ1) is 16.7. The molecule has 0 spiro atoms. The minimum Gasteiger partial charge on any atom is -0.376 e. The third kappa shape index (κ3) is 4.46. The lowest BCUT2D eigenvalue weighted by atomic mass is 10.1. The van der Waals surface area contributed by atoms with Crippen molar-refractivity contribution in [3.05, 3.63) is 88.1 Å². The highest BCUT2D eigenvalue weighted by Crippen LogP contribution is 2.25. The van der Waals surface area contributed by atoms with Crippen molar-refractivity contribution in [3.8, 4) is 6.07 Å². The van der Waals surface area contributed by atoms with E-state index >= 15 is 0 Å². The van der Waals surface area contributed by atoms with E-state index in [4.69, 9.17) is 5.26 Å². The second-order valence-electron chi connectivity index (χ2n) is 5.47. The molecule has 3 rings (SSSR count). The van der Waals surface area contributed by atoms with Gasteiger partial charge in [-0.05, 0) is 35.2 Å². The molecule has 0 saturated heterocycles. The van der Waals surface area contributed by atoms with Gasteiger partial charge in [-0.15, -0.1) is 11.3 Å². The summed E-state index contributed by atoms with van der Waals surface area (Å²) in [4.78, 5) is 13.5. The highest BCUT2D eigenvalue weighted by molar-refractivity contribution is 7.10. The smallest absolute Gasteiger partial charge is 0.240 e. The molecular weight excluding hydrogens is 330 g/mol. The van der Waals surface area contributed by atoms with E-state index < -0.39 is 0 Å². The molecule has 1 aromatic heterocycles. The lowest BCUT2D eigenvalue weighted by molar-refractivity contribution is -0.119. The summed E-state index contributed by atoms with van der Waals surface area (Å²) in [5, 5.41) is 17.1. The van der Waals surface area contributed by atoms with E-state index in [1.54, 1.807) is 29.5 Å². The summed E-state index contributed by atoms with van der Waals surface area (Å²) in [6.45, 7) is 0.142. The predicted molar refractivity (Wildman–Crippen MR) is 100 cm³/mol. The molecule has 2 N–H and O–H groups in total. The van der Waals surface area contributed by atoms with Gasteiger partial charge in [0, 0.05) is 10.6 Å². The summed E-state index contributed by atoms with van der Waals surface area (Å²) in [6, 6.07) is 22.9. The third-order valence-corrected chi connectivity index (χ3v) is 4.65. The molecule has 25 heavy (non-hydrogen) atoms. The molecule has 1 heterocycles. The van der Waals surface area contributed by atoms with Crippen molar-refractivity contribution in [1.29, 1.82) is 5.26 Å². The Labute approximate surface area is 150 Å². The molecule has 1 atom stereocenters. The molecule has 0 fully saturated rings. The van der Waals surface area contributed by atoms with Gasteiger partial charge < -0.3 is 10.6 Å². The van der Waals surface area contributed by atoms with Gasteiger partial charge >= 0.3 is 0 Å². The number of thiophene rings is 1. The molecule has 0 unspecified atom stereocenters. The Morgan fingerprint density at radius 1 is 1.08 bits per heavy atom. The summed E-state index contributed by atoms with van der Waals surface area (Å²) in [7, 11) is 0. The minimum absolute atomic E-state index is 0.107. The number of nitriles is 1. The molecule has 0 aliphatic heterocycles. The van der Waals surface area contributed by atoms with Gasteiger partial charge in [-0.2, -0.15) is 5.26 Å². The zero-order valence-electron chi connectivity index (χ0n) is 13.5. The summed E-state index contributed by atoms with van der Waals surface area (Å²) in [5.41, 5.74) is 2.36. The first-order valence-electron chi connectivity index (χ1n) is 7.88. The lowest BCUT2D eigenvalue weighted by Crippen LogP contribution is -2.33. The van der Waals surface area contributed by atoms with Crippen LogP contribution in [0.1, 0.15) is 22.0 Å². The number of nitrogens with zero attached hydrogens (tertiary/aromatic N) is 1. The Hall–Kier alpha value is -3.10. The maximum atomic E-state index is 12.4. The maximum absolute atomic E-state index is 12.4. The van der Waals surface area contributed by atoms with Gasteiger partial charge in [-0.3, -0.25) is 4.79 Å². The van der Waals surface area contributed by atoms with Crippen LogP contribution in [0.3, 0.4) is 0 Å². The van der Waals surface area contributed by atoms with Gasteiger partial charge in [0.25, 0.3) is 0 Å². The molecule has 0 bridgehead atoms. The Balaban J connectivity index is 1.67. The van der Waals surface area contributed by atoms with Crippen LogP contribution in [0.25, 0.3) is 0 Å². The van der Waals surface area contributed by atoms with Gasteiger partial charge in [0.2, 0.25) is 5.91 Å². The van der Waals surface area contributed by atoms with Crippen molar-refractivity contribution >= 4 is 22.9 Å². The van der Waals surface area contributed by atoms with Crippen LogP contribution < -0.4 is 10.6 Å². The van der Waals surface area contributed by atoms with E-state index in [1.807, 2.05) is 53.9 Å². The maximum Gasteiger partial charge on any atom is 0.240 e. The summed E-state index contributed by atoms with van der Waals surface area (Å²) < 4.78 is 0. The number of hydrogen-bond acceptors (Lipinski definition) is 4. The lowest BCUT2D eigenvalue weighted by Gasteiger charge is -2.18. The fourth-order valence-electron chi connectivity index (χ4n) is 2.51. The molecular formula is C20H17N3OS. The summed E-state index contributed by atoms with van der Waals surface area (Å²) in [6.07, 6.45) is 0. The van der Waals surface area contributed by atoms with Gasteiger partial charge in [0.15, 0.2) is 0 Å². The van der Waals surface area contributed by atoms with Gasteiger partial charge in [0.1, 0.15) is 0 Å². The molecule has 0 radical (unpaired) electrons. The Morgan fingerprint density at radius 2 is 1.92 bits per heavy atom. The van der Waals surface area contributed by atoms with Crippen LogP contribution in [-0.2, 0) is 4.79 Å². The molecule has 4 nitrogen and oxygen atoms in total. The number of rotatable bonds is 6. The number of carbonyl (C=O) groups excluding carboxylic acids is 1. The third-order valence-electron chi connectivity index (χ3n) is 3.71. The quantitative estimate of drug-likeness (QED) is 0.710. The van der Waals surface area contributed by atoms with E-state index in [-0.39, 0.29) is 18.5 Å². The average Bonchev–Trinajstić information content (AvgIpc) is 3.20. The number of amides is 1. The van der Waals surface area contributed by atoms with Crippen molar-refractivity contribution in [3.63, 3.8) is 0 Å². The van der Waals surface area contributed by atoms with Crippen molar-refractivity contribution in [2.75, 3.05) is 11.9 Å². The van der Waals surface area contributed by atoms with Crippen LogP contribution in [0.4, 0.5) is 5.69 Å². The van der Waals surface area contributed by atoms with Crippen LogP contribution in [0.2, 0.25) is 0 Å². The molecule has 124 valence electrons.